The number of nitrogens with two attached hydrogens (primary N) is 1. The Bertz CT molecular complexity index is 419. The maximum Gasteiger partial charge on any atom is 0.315 e. The van der Waals surface area contributed by atoms with E-state index in [1.54, 1.807) is 18.2 Å². The largest absolute Gasteiger partial charge is 0.487 e. The zero-order valence-corrected chi connectivity index (χ0v) is 9.83. The lowest BCUT2D eigenvalue weighted by atomic mass is 10.2. The molecule has 1 fully saturated rings. The number of hydrogen-bond donors (Lipinski definition) is 1. The molecule has 2 N–H and O–H groups in total. The summed E-state index contributed by atoms with van der Waals surface area (Å²) in [6, 6.07) is 4.64. The molecule has 0 spiro atoms. The fraction of sp³-hybridized carbons (Fsp3) is 0.300. The minimum absolute atomic E-state index is 0.0234. The summed E-state index contributed by atoms with van der Waals surface area (Å²) in [6.45, 7) is 1.02. The molecule has 2 rings (SSSR count). The summed E-state index contributed by atoms with van der Waals surface area (Å²) >= 11 is 11.6. The molecule has 1 aromatic carbocycles. The fourth-order valence-electron chi connectivity index (χ4n) is 1.44. The average molecular weight is 261 g/mol. The molecule has 0 aromatic heterocycles. The minimum Gasteiger partial charge on any atom is -0.487 e. The van der Waals surface area contributed by atoms with Crippen molar-refractivity contribution in [2.75, 3.05) is 13.1 Å². The highest BCUT2D eigenvalue weighted by molar-refractivity contribution is 6.42. The number of urea groups is 1. The van der Waals surface area contributed by atoms with Crippen LogP contribution >= 0.6 is 23.2 Å². The summed E-state index contributed by atoms with van der Waals surface area (Å²) in [5.41, 5.74) is 5.09. The van der Waals surface area contributed by atoms with Gasteiger partial charge in [-0.25, -0.2) is 4.79 Å². The van der Waals surface area contributed by atoms with Gasteiger partial charge in [0.25, 0.3) is 0 Å². The van der Waals surface area contributed by atoms with Gasteiger partial charge >= 0.3 is 6.03 Å². The van der Waals surface area contributed by atoms with Crippen molar-refractivity contribution in [2.45, 2.75) is 6.10 Å². The molecule has 2 amide bonds. The van der Waals surface area contributed by atoms with Crippen LogP contribution in [0.1, 0.15) is 0 Å². The number of amides is 2. The van der Waals surface area contributed by atoms with Crippen molar-refractivity contribution in [3.63, 3.8) is 0 Å². The smallest absolute Gasteiger partial charge is 0.315 e. The van der Waals surface area contributed by atoms with Gasteiger partial charge in [0.15, 0.2) is 0 Å². The number of carbonyl (C=O) groups is 1. The topological polar surface area (TPSA) is 55.6 Å². The quantitative estimate of drug-likeness (QED) is 0.886. The Balaban J connectivity index is 1.91. The number of benzene rings is 1. The van der Waals surface area contributed by atoms with E-state index in [9.17, 15) is 4.79 Å². The van der Waals surface area contributed by atoms with E-state index in [-0.39, 0.29) is 6.10 Å². The molecular formula is C10H10Cl2N2O2. The summed E-state index contributed by atoms with van der Waals surface area (Å²) in [7, 11) is 0. The molecule has 1 aliphatic rings. The molecule has 1 saturated heterocycles. The molecule has 0 saturated carbocycles. The zero-order chi connectivity index (χ0) is 11.7. The molecule has 0 aliphatic carbocycles. The third kappa shape index (κ3) is 2.33. The molecule has 16 heavy (non-hydrogen) atoms. The Morgan fingerprint density at radius 2 is 2.06 bits per heavy atom. The number of likely N-dealkylation sites (tertiary alicyclic amines) is 1. The van der Waals surface area contributed by atoms with E-state index in [1.165, 1.54) is 4.90 Å². The minimum atomic E-state index is -0.422. The Hall–Kier alpha value is -1.13. The molecule has 1 aromatic rings. The summed E-state index contributed by atoms with van der Waals surface area (Å²) in [6.07, 6.45) is -0.0234. The van der Waals surface area contributed by atoms with Crippen molar-refractivity contribution in [1.82, 2.24) is 4.90 Å². The third-order valence-corrected chi connectivity index (χ3v) is 3.09. The van der Waals surface area contributed by atoms with Crippen molar-refractivity contribution in [1.29, 1.82) is 0 Å². The summed E-state index contributed by atoms with van der Waals surface area (Å²) in [5.74, 6) is 0.642. The van der Waals surface area contributed by atoms with Crippen molar-refractivity contribution in [2.24, 2.45) is 5.73 Å². The fourth-order valence-corrected chi connectivity index (χ4v) is 1.72. The van der Waals surface area contributed by atoms with Crippen LogP contribution in [0.5, 0.6) is 5.75 Å². The number of carbonyl (C=O) groups excluding carboxylic acids is 1. The Morgan fingerprint density at radius 3 is 2.62 bits per heavy atom. The maximum atomic E-state index is 10.7. The molecule has 1 aliphatic heterocycles. The van der Waals surface area contributed by atoms with E-state index in [4.69, 9.17) is 33.7 Å². The van der Waals surface area contributed by atoms with E-state index < -0.39 is 6.03 Å². The van der Waals surface area contributed by atoms with E-state index in [1.807, 2.05) is 0 Å². The van der Waals surface area contributed by atoms with Gasteiger partial charge in [0.05, 0.1) is 23.1 Å². The van der Waals surface area contributed by atoms with Crippen LogP contribution in [0.15, 0.2) is 18.2 Å². The SMILES string of the molecule is NC(=O)N1CC(Oc2ccc(Cl)c(Cl)c2)C1. The molecule has 4 nitrogen and oxygen atoms in total. The van der Waals surface area contributed by atoms with E-state index >= 15 is 0 Å². The number of nitrogens with zero attached hydrogens (tertiary/aromatic N) is 1. The molecule has 0 atom stereocenters. The van der Waals surface area contributed by atoms with Gasteiger partial charge in [0.2, 0.25) is 0 Å². The monoisotopic (exact) mass is 260 g/mol. The van der Waals surface area contributed by atoms with Gasteiger partial charge in [0.1, 0.15) is 11.9 Å². The van der Waals surface area contributed by atoms with Gasteiger partial charge in [-0.1, -0.05) is 23.2 Å². The molecule has 6 heteroatoms. The number of halogens is 2. The standard InChI is InChI=1S/C10H10Cl2N2O2/c11-8-2-1-6(3-9(8)12)16-7-4-14(5-7)10(13)15/h1-3,7H,4-5H2,(H2,13,15). The van der Waals surface area contributed by atoms with Crippen LogP contribution in [0.3, 0.4) is 0 Å². The Kier molecular flexibility index (Phi) is 3.12. The predicted octanol–water partition coefficient (Wildman–Crippen LogP) is 2.14. The lowest BCUT2D eigenvalue weighted by Gasteiger charge is -2.37. The first-order valence-corrected chi connectivity index (χ1v) is 5.48. The molecule has 86 valence electrons. The van der Waals surface area contributed by atoms with E-state index in [0.717, 1.165) is 0 Å². The second-order valence-electron chi connectivity index (χ2n) is 3.56. The number of primary amides is 1. The van der Waals surface area contributed by atoms with E-state index in [0.29, 0.717) is 28.9 Å². The first-order valence-electron chi connectivity index (χ1n) is 4.72. The van der Waals surface area contributed by atoms with Crippen molar-refractivity contribution < 1.29 is 9.53 Å². The maximum absolute atomic E-state index is 10.7. The van der Waals surface area contributed by atoms with Crippen LogP contribution in [-0.2, 0) is 0 Å². The van der Waals surface area contributed by atoms with Crippen LogP contribution in [0, 0.1) is 0 Å². The van der Waals surface area contributed by atoms with Gasteiger partial charge in [0, 0.05) is 6.07 Å². The number of ether oxygens (including phenoxy) is 1. The second kappa shape index (κ2) is 4.39. The molecule has 0 bridgehead atoms. The van der Waals surface area contributed by atoms with Gasteiger partial charge in [-0.15, -0.1) is 0 Å². The Morgan fingerprint density at radius 1 is 1.38 bits per heavy atom. The van der Waals surface area contributed by atoms with Gasteiger partial charge in [-0.3, -0.25) is 0 Å². The van der Waals surface area contributed by atoms with Gasteiger partial charge in [-0.2, -0.15) is 0 Å². The van der Waals surface area contributed by atoms with Crippen LogP contribution in [0.25, 0.3) is 0 Å². The highest BCUT2D eigenvalue weighted by Crippen LogP contribution is 2.27. The van der Waals surface area contributed by atoms with Crippen LogP contribution in [-0.4, -0.2) is 30.1 Å². The normalized spacial score (nSPS) is 15.8. The summed E-state index contributed by atoms with van der Waals surface area (Å²) in [5, 5.41) is 0.937. The van der Waals surface area contributed by atoms with Crippen LogP contribution in [0.2, 0.25) is 10.0 Å². The number of hydrogen-bond acceptors (Lipinski definition) is 2. The van der Waals surface area contributed by atoms with Crippen LogP contribution in [0.4, 0.5) is 4.79 Å². The van der Waals surface area contributed by atoms with Crippen molar-refractivity contribution in [3.05, 3.63) is 28.2 Å². The molecule has 0 unspecified atom stereocenters. The summed E-state index contributed by atoms with van der Waals surface area (Å²) in [4.78, 5) is 12.2. The summed E-state index contributed by atoms with van der Waals surface area (Å²) < 4.78 is 5.57. The average Bonchev–Trinajstić information content (AvgIpc) is 2.15. The van der Waals surface area contributed by atoms with E-state index in [2.05, 4.69) is 0 Å². The lowest BCUT2D eigenvalue weighted by molar-refractivity contribution is 0.0477. The van der Waals surface area contributed by atoms with Crippen LogP contribution < -0.4 is 10.5 Å². The second-order valence-corrected chi connectivity index (χ2v) is 4.37. The highest BCUT2D eigenvalue weighted by Gasteiger charge is 2.30. The van der Waals surface area contributed by atoms with Gasteiger partial charge in [-0.05, 0) is 12.1 Å². The van der Waals surface area contributed by atoms with Crippen molar-refractivity contribution >= 4 is 29.2 Å². The van der Waals surface area contributed by atoms with Crippen molar-refractivity contribution in [3.8, 4) is 5.75 Å². The lowest BCUT2D eigenvalue weighted by Crippen LogP contribution is -2.57. The highest BCUT2D eigenvalue weighted by atomic mass is 35.5. The molecule has 0 radical (unpaired) electrons. The zero-order valence-electron chi connectivity index (χ0n) is 8.32. The Labute approximate surface area is 103 Å². The first-order chi connectivity index (χ1) is 7.56. The number of rotatable bonds is 2. The first kappa shape index (κ1) is 11.4. The van der Waals surface area contributed by atoms with Gasteiger partial charge < -0.3 is 15.4 Å². The predicted molar refractivity (Wildman–Crippen MR) is 62.0 cm³/mol. The molecule has 1 heterocycles. The molecular weight excluding hydrogens is 251 g/mol. The third-order valence-electron chi connectivity index (χ3n) is 2.35.